The maximum atomic E-state index is 12.6. The van der Waals surface area contributed by atoms with Crippen molar-refractivity contribution in [2.45, 2.75) is 39.2 Å². The molecule has 3 heterocycles. The molecule has 0 spiro atoms. The third-order valence-corrected chi connectivity index (χ3v) is 5.28. The minimum Gasteiger partial charge on any atom is -0.466 e. The number of likely N-dealkylation sites (N-methyl/N-ethyl adjacent to an activating group) is 1. The lowest BCUT2D eigenvalue weighted by atomic mass is 9.92. The first-order chi connectivity index (χ1) is 13.0. The summed E-state index contributed by atoms with van der Waals surface area (Å²) in [6.45, 7) is 5.65. The number of esters is 1. The van der Waals surface area contributed by atoms with Gasteiger partial charge in [0.15, 0.2) is 0 Å². The van der Waals surface area contributed by atoms with Crippen molar-refractivity contribution in [3.05, 3.63) is 18.6 Å². The molecule has 2 aromatic heterocycles. The molecule has 1 fully saturated rings. The van der Waals surface area contributed by atoms with Gasteiger partial charge in [-0.25, -0.2) is 9.97 Å². The number of rotatable bonds is 6. The van der Waals surface area contributed by atoms with E-state index in [2.05, 4.69) is 26.8 Å². The number of piperidine rings is 1. The molecule has 1 aliphatic heterocycles. The summed E-state index contributed by atoms with van der Waals surface area (Å²) in [5.74, 6) is 0.968. The first kappa shape index (κ1) is 19.1. The molecule has 1 aliphatic rings. The molecular weight excluding hydrogens is 346 g/mol. The van der Waals surface area contributed by atoms with Gasteiger partial charge in [-0.3, -0.25) is 9.59 Å². The zero-order valence-electron chi connectivity index (χ0n) is 16.1. The highest BCUT2D eigenvalue weighted by Gasteiger charge is 2.32. The molecule has 0 radical (unpaired) electrons. The normalized spacial score (nSPS) is 19.9. The maximum Gasteiger partial charge on any atom is 0.306 e. The predicted octanol–water partition coefficient (Wildman–Crippen LogP) is 1.97. The van der Waals surface area contributed by atoms with Crippen molar-refractivity contribution in [1.82, 2.24) is 19.9 Å². The smallest absolute Gasteiger partial charge is 0.306 e. The molecule has 2 aromatic rings. The lowest BCUT2D eigenvalue weighted by Gasteiger charge is -2.42. The molecule has 1 saturated heterocycles. The van der Waals surface area contributed by atoms with Crippen LogP contribution in [0.15, 0.2) is 18.6 Å². The van der Waals surface area contributed by atoms with Crippen molar-refractivity contribution in [3.8, 4) is 0 Å². The van der Waals surface area contributed by atoms with Crippen LogP contribution < -0.4 is 4.90 Å². The molecule has 8 heteroatoms. The highest BCUT2D eigenvalue weighted by molar-refractivity contribution is 5.87. The van der Waals surface area contributed by atoms with Gasteiger partial charge in [-0.15, -0.1) is 0 Å². The van der Waals surface area contributed by atoms with Crippen molar-refractivity contribution in [3.63, 3.8) is 0 Å². The second-order valence-corrected chi connectivity index (χ2v) is 7.03. The summed E-state index contributed by atoms with van der Waals surface area (Å²) in [5, 5.41) is 0.970. The molecule has 0 unspecified atom stereocenters. The van der Waals surface area contributed by atoms with Crippen LogP contribution in [0.5, 0.6) is 0 Å². The number of aromatic amines is 1. The molecule has 3 rings (SSSR count). The van der Waals surface area contributed by atoms with Crippen LogP contribution in [-0.4, -0.2) is 64.5 Å². The first-order valence-corrected chi connectivity index (χ1v) is 9.45. The number of fused-ring (bicyclic) bond motifs is 1. The average Bonchev–Trinajstić information content (AvgIpc) is 3.15. The fourth-order valence-corrected chi connectivity index (χ4v) is 3.68. The molecule has 2 atom stereocenters. The number of likely N-dealkylation sites (tertiary alicyclic amines) is 1. The molecule has 0 saturated carbocycles. The van der Waals surface area contributed by atoms with Crippen LogP contribution in [0, 0.1) is 5.92 Å². The lowest BCUT2D eigenvalue weighted by Crippen LogP contribution is -2.52. The summed E-state index contributed by atoms with van der Waals surface area (Å²) in [6.07, 6.45) is 4.66. The second kappa shape index (κ2) is 8.37. The topological polar surface area (TPSA) is 91.4 Å². The Bertz CT molecular complexity index is 805. The number of carbonyl (C=O) groups is 2. The van der Waals surface area contributed by atoms with Gasteiger partial charge < -0.3 is 19.5 Å². The van der Waals surface area contributed by atoms with E-state index < -0.39 is 0 Å². The van der Waals surface area contributed by atoms with Crippen molar-refractivity contribution in [1.29, 1.82) is 0 Å². The zero-order valence-corrected chi connectivity index (χ0v) is 16.1. The summed E-state index contributed by atoms with van der Waals surface area (Å²) >= 11 is 0. The number of aromatic nitrogens is 3. The fraction of sp³-hybridized carbons (Fsp3) is 0.579. The van der Waals surface area contributed by atoms with Gasteiger partial charge >= 0.3 is 5.97 Å². The summed E-state index contributed by atoms with van der Waals surface area (Å²) in [7, 11) is 2.02. The van der Waals surface area contributed by atoms with Gasteiger partial charge in [0.1, 0.15) is 17.8 Å². The third-order valence-electron chi connectivity index (χ3n) is 5.28. The molecule has 27 heavy (non-hydrogen) atoms. The van der Waals surface area contributed by atoms with Gasteiger partial charge in [-0.05, 0) is 25.3 Å². The highest BCUT2D eigenvalue weighted by Crippen LogP contribution is 2.28. The number of nitrogens with zero attached hydrogens (tertiary/aromatic N) is 4. The number of hydrogen-bond donors (Lipinski definition) is 1. The van der Waals surface area contributed by atoms with E-state index in [4.69, 9.17) is 4.74 Å². The van der Waals surface area contributed by atoms with Gasteiger partial charge in [0, 0.05) is 32.8 Å². The van der Waals surface area contributed by atoms with Gasteiger partial charge in [-0.2, -0.15) is 0 Å². The Morgan fingerprint density at radius 1 is 1.37 bits per heavy atom. The molecule has 0 aliphatic carbocycles. The number of hydrogen-bond acceptors (Lipinski definition) is 6. The SMILES string of the molecule is CCOC(=O)CCC(=O)N1CC[C@@H](C)[C@@H](N(C)c2ncnc3[nH]ccc23)C1. The first-order valence-electron chi connectivity index (χ1n) is 9.45. The molecule has 0 bridgehead atoms. The minimum absolute atomic E-state index is 0.00262. The van der Waals surface area contributed by atoms with Crippen molar-refractivity contribution in [2.75, 3.05) is 31.6 Å². The molecule has 1 N–H and O–H groups in total. The van der Waals surface area contributed by atoms with Crippen LogP contribution in [0.2, 0.25) is 0 Å². The number of anilines is 1. The van der Waals surface area contributed by atoms with Gasteiger partial charge in [-0.1, -0.05) is 6.92 Å². The van der Waals surface area contributed by atoms with Crippen molar-refractivity contribution in [2.24, 2.45) is 5.92 Å². The molecule has 8 nitrogen and oxygen atoms in total. The van der Waals surface area contributed by atoms with E-state index >= 15 is 0 Å². The Balaban J connectivity index is 1.69. The van der Waals surface area contributed by atoms with Crippen LogP contribution in [0.4, 0.5) is 5.82 Å². The van der Waals surface area contributed by atoms with Crippen LogP contribution in [-0.2, 0) is 14.3 Å². The Morgan fingerprint density at radius 2 is 2.19 bits per heavy atom. The average molecular weight is 373 g/mol. The van der Waals surface area contributed by atoms with Gasteiger partial charge in [0.2, 0.25) is 5.91 Å². The van der Waals surface area contributed by atoms with E-state index in [1.807, 2.05) is 24.2 Å². The second-order valence-electron chi connectivity index (χ2n) is 7.03. The molecular formula is C19H27N5O3. The van der Waals surface area contributed by atoms with Crippen molar-refractivity contribution < 1.29 is 14.3 Å². The van der Waals surface area contributed by atoms with Crippen LogP contribution in [0.1, 0.15) is 33.1 Å². The largest absolute Gasteiger partial charge is 0.466 e. The highest BCUT2D eigenvalue weighted by atomic mass is 16.5. The quantitative estimate of drug-likeness (QED) is 0.779. The number of H-pyrrole nitrogens is 1. The summed E-state index contributed by atoms with van der Waals surface area (Å²) < 4.78 is 4.91. The minimum atomic E-state index is -0.319. The Kier molecular flexibility index (Phi) is 5.93. The predicted molar refractivity (Wildman–Crippen MR) is 102 cm³/mol. The monoisotopic (exact) mass is 373 g/mol. The Morgan fingerprint density at radius 3 is 2.96 bits per heavy atom. The third kappa shape index (κ3) is 4.20. The van der Waals surface area contributed by atoms with E-state index in [0.717, 1.165) is 29.8 Å². The summed E-state index contributed by atoms with van der Waals surface area (Å²) in [5.41, 5.74) is 0.803. The zero-order chi connectivity index (χ0) is 19.4. The summed E-state index contributed by atoms with van der Waals surface area (Å²) in [4.78, 5) is 39.9. The Labute approximate surface area is 158 Å². The molecule has 146 valence electrons. The fourth-order valence-electron chi connectivity index (χ4n) is 3.68. The van der Waals surface area contributed by atoms with E-state index in [0.29, 0.717) is 19.1 Å². The van der Waals surface area contributed by atoms with E-state index in [9.17, 15) is 9.59 Å². The molecule has 0 aromatic carbocycles. The number of carbonyl (C=O) groups excluding carboxylic acids is 2. The maximum absolute atomic E-state index is 12.6. The van der Waals surface area contributed by atoms with Crippen LogP contribution >= 0.6 is 0 Å². The standard InChI is InChI=1S/C19H27N5O3/c1-4-27-17(26)6-5-16(25)24-10-8-13(2)15(11-24)23(3)19-14-7-9-20-18(14)21-12-22-19/h7,9,12-13,15H,4-6,8,10-11H2,1-3H3,(H,20,21,22)/t13-,15+/m1/s1. The number of nitrogens with one attached hydrogen (secondary N) is 1. The molecule has 1 amide bonds. The van der Waals surface area contributed by atoms with E-state index in [1.165, 1.54) is 0 Å². The lowest BCUT2D eigenvalue weighted by molar-refractivity contribution is -0.146. The van der Waals surface area contributed by atoms with Gasteiger partial charge in [0.05, 0.1) is 24.5 Å². The van der Waals surface area contributed by atoms with Crippen LogP contribution in [0.3, 0.4) is 0 Å². The van der Waals surface area contributed by atoms with E-state index in [-0.39, 0.29) is 30.8 Å². The Hall–Kier alpha value is -2.64. The van der Waals surface area contributed by atoms with E-state index in [1.54, 1.807) is 13.3 Å². The van der Waals surface area contributed by atoms with Gasteiger partial charge in [0.25, 0.3) is 0 Å². The van der Waals surface area contributed by atoms with Crippen LogP contribution in [0.25, 0.3) is 11.0 Å². The van der Waals surface area contributed by atoms with Crippen molar-refractivity contribution >= 4 is 28.7 Å². The number of amides is 1. The summed E-state index contributed by atoms with van der Waals surface area (Å²) in [6, 6.07) is 2.12. The number of ether oxygens (including phenoxy) is 1.